The Hall–Kier alpha value is -2.40. The molecule has 0 fully saturated rings. The first-order chi connectivity index (χ1) is 10.7. The van der Waals surface area contributed by atoms with Crippen LogP contribution in [0.5, 0.6) is 11.5 Å². The molecule has 0 spiro atoms. The predicted octanol–water partition coefficient (Wildman–Crippen LogP) is 3.03. The predicted molar refractivity (Wildman–Crippen MR) is 82.0 cm³/mol. The van der Waals surface area contributed by atoms with Gasteiger partial charge in [0.1, 0.15) is 13.2 Å². The molecule has 2 aromatic rings. The van der Waals surface area contributed by atoms with Crippen LogP contribution in [0.1, 0.15) is 11.1 Å². The maximum atomic E-state index is 11.8. The normalized spacial score (nSPS) is 13.3. The van der Waals surface area contributed by atoms with Crippen LogP contribution in [-0.2, 0) is 11.3 Å². The van der Waals surface area contributed by atoms with Crippen molar-refractivity contribution in [2.75, 3.05) is 13.2 Å². The number of hydrogen-bond acceptors (Lipinski definition) is 4. The maximum Gasteiger partial charge on any atom is 0.244 e. The van der Waals surface area contributed by atoms with Crippen molar-refractivity contribution in [3.8, 4) is 11.5 Å². The summed E-state index contributed by atoms with van der Waals surface area (Å²) in [7, 11) is 0. The van der Waals surface area contributed by atoms with E-state index in [0.717, 1.165) is 11.1 Å². The van der Waals surface area contributed by atoms with Crippen LogP contribution in [0.2, 0.25) is 5.02 Å². The molecule has 5 nitrogen and oxygen atoms in total. The number of rotatable bonds is 4. The maximum absolute atomic E-state index is 11.8. The van der Waals surface area contributed by atoms with Gasteiger partial charge >= 0.3 is 0 Å². The number of nitrogens with one attached hydrogen (secondary N) is 1. The SMILES string of the molecule is O=C(C=Cc1cc(Cl)c2c(c1)OCCO2)NCc1ccoc1. The number of carbonyl (C=O) groups is 1. The van der Waals surface area contributed by atoms with Gasteiger partial charge in [-0.15, -0.1) is 0 Å². The third-order valence-electron chi connectivity index (χ3n) is 3.09. The second-order valence-electron chi connectivity index (χ2n) is 4.71. The van der Waals surface area contributed by atoms with Crippen LogP contribution in [-0.4, -0.2) is 19.1 Å². The molecular weight excluding hydrogens is 306 g/mol. The molecule has 114 valence electrons. The zero-order valence-electron chi connectivity index (χ0n) is 11.7. The first kappa shape index (κ1) is 14.5. The Morgan fingerprint density at radius 3 is 3.00 bits per heavy atom. The molecule has 0 radical (unpaired) electrons. The molecule has 0 aliphatic carbocycles. The number of hydrogen-bond donors (Lipinski definition) is 1. The second-order valence-corrected chi connectivity index (χ2v) is 5.12. The molecule has 1 N–H and O–H groups in total. The smallest absolute Gasteiger partial charge is 0.244 e. The first-order valence-electron chi connectivity index (χ1n) is 6.78. The Bertz CT molecular complexity index is 694. The minimum atomic E-state index is -0.202. The molecule has 1 aromatic carbocycles. The van der Waals surface area contributed by atoms with Gasteiger partial charge in [0.05, 0.1) is 17.5 Å². The number of furan rings is 1. The van der Waals surface area contributed by atoms with Crippen LogP contribution in [0.25, 0.3) is 6.08 Å². The van der Waals surface area contributed by atoms with E-state index in [1.807, 2.05) is 0 Å². The van der Waals surface area contributed by atoms with E-state index >= 15 is 0 Å². The van der Waals surface area contributed by atoms with E-state index in [9.17, 15) is 4.79 Å². The van der Waals surface area contributed by atoms with Crippen LogP contribution >= 0.6 is 11.6 Å². The number of fused-ring (bicyclic) bond motifs is 1. The van der Waals surface area contributed by atoms with E-state index in [1.54, 1.807) is 36.8 Å². The summed E-state index contributed by atoms with van der Waals surface area (Å²) in [6.45, 7) is 1.39. The molecule has 0 saturated carbocycles. The van der Waals surface area contributed by atoms with Gasteiger partial charge in [0, 0.05) is 18.2 Å². The molecular formula is C16H14ClNO4. The quantitative estimate of drug-likeness (QED) is 0.880. The molecule has 0 unspecified atom stereocenters. The van der Waals surface area contributed by atoms with Gasteiger partial charge < -0.3 is 19.2 Å². The molecule has 2 heterocycles. The monoisotopic (exact) mass is 319 g/mol. The lowest BCUT2D eigenvalue weighted by atomic mass is 10.1. The number of carbonyl (C=O) groups excluding carboxylic acids is 1. The number of ether oxygens (including phenoxy) is 2. The largest absolute Gasteiger partial charge is 0.486 e. The Labute approximate surface area is 132 Å². The highest BCUT2D eigenvalue weighted by atomic mass is 35.5. The second kappa shape index (κ2) is 6.58. The summed E-state index contributed by atoms with van der Waals surface area (Å²) in [4.78, 5) is 11.8. The van der Waals surface area contributed by atoms with E-state index in [0.29, 0.717) is 36.3 Å². The van der Waals surface area contributed by atoms with Crippen molar-refractivity contribution < 1.29 is 18.7 Å². The topological polar surface area (TPSA) is 60.7 Å². The highest BCUT2D eigenvalue weighted by molar-refractivity contribution is 6.32. The van der Waals surface area contributed by atoms with Crippen molar-refractivity contribution in [2.45, 2.75) is 6.54 Å². The molecule has 1 aliphatic rings. The first-order valence-corrected chi connectivity index (χ1v) is 7.16. The number of benzene rings is 1. The Balaban J connectivity index is 1.64. The average Bonchev–Trinajstić information content (AvgIpc) is 3.04. The van der Waals surface area contributed by atoms with Gasteiger partial charge in [-0.25, -0.2) is 0 Å². The molecule has 1 aromatic heterocycles. The average molecular weight is 320 g/mol. The number of amides is 1. The van der Waals surface area contributed by atoms with Crippen LogP contribution in [0.15, 0.2) is 41.2 Å². The highest BCUT2D eigenvalue weighted by Crippen LogP contribution is 2.38. The van der Waals surface area contributed by atoms with Gasteiger partial charge in [0.15, 0.2) is 11.5 Å². The minimum Gasteiger partial charge on any atom is -0.486 e. The van der Waals surface area contributed by atoms with E-state index in [2.05, 4.69) is 5.32 Å². The van der Waals surface area contributed by atoms with Crippen molar-refractivity contribution in [1.82, 2.24) is 5.32 Å². The van der Waals surface area contributed by atoms with Gasteiger partial charge in [-0.05, 0) is 29.8 Å². The van der Waals surface area contributed by atoms with Gasteiger partial charge in [0.25, 0.3) is 0 Å². The van der Waals surface area contributed by atoms with E-state index in [4.69, 9.17) is 25.5 Å². The standard InChI is InChI=1S/C16H14ClNO4/c17-13-7-11(8-14-16(13)22-6-5-21-14)1-2-15(19)18-9-12-3-4-20-10-12/h1-4,7-8,10H,5-6,9H2,(H,18,19). The van der Waals surface area contributed by atoms with E-state index < -0.39 is 0 Å². The lowest BCUT2D eigenvalue weighted by Gasteiger charge is -2.19. The minimum absolute atomic E-state index is 0.202. The fourth-order valence-corrected chi connectivity index (χ4v) is 2.31. The van der Waals surface area contributed by atoms with Crippen molar-refractivity contribution in [1.29, 1.82) is 0 Å². The summed E-state index contributed by atoms with van der Waals surface area (Å²) in [5, 5.41) is 3.23. The third kappa shape index (κ3) is 3.43. The van der Waals surface area contributed by atoms with Crippen LogP contribution < -0.4 is 14.8 Å². The fourth-order valence-electron chi connectivity index (χ4n) is 2.04. The van der Waals surface area contributed by atoms with Gasteiger partial charge in [-0.1, -0.05) is 11.6 Å². The molecule has 0 bridgehead atoms. The van der Waals surface area contributed by atoms with E-state index in [-0.39, 0.29) is 5.91 Å². The lowest BCUT2D eigenvalue weighted by molar-refractivity contribution is -0.116. The molecule has 0 saturated heterocycles. The van der Waals surface area contributed by atoms with Crippen molar-refractivity contribution >= 4 is 23.6 Å². The molecule has 6 heteroatoms. The lowest BCUT2D eigenvalue weighted by Crippen LogP contribution is -2.19. The van der Waals surface area contributed by atoms with Gasteiger partial charge in [-0.2, -0.15) is 0 Å². The van der Waals surface area contributed by atoms with Crippen LogP contribution in [0, 0.1) is 0 Å². The molecule has 0 atom stereocenters. The molecule has 22 heavy (non-hydrogen) atoms. The van der Waals surface area contributed by atoms with Crippen LogP contribution in [0.3, 0.4) is 0 Å². The summed E-state index contributed by atoms with van der Waals surface area (Å²) >= 11 is 6.14. The van der Waals surface area contributed by atoms with Crippen molar-refractivity contribution in [3.63, 3.8) is 0 Å². The van der Waals surface area contributed by atoms with Gasteiger partial charge in [-0.3, -0.25) is 4.79 Å². The van der Waals surface area contributed by atoms with E-state index in [1.165, 1.54) is 6.08 Å². The van der Waals surface area contributed by atoms with Crippen molar-refractivity contribution in [3.05, 3.63) is 53.0 Å². The molecule has 1 aliphatic heterocycles. The Morgan fingerprint density at radius 2 is 2.18 bits per heavy atom. The highest BCUT2D eigenvalue weighted by Gasteiger charge is 2.15. The summed E-state index contributed by atoms with van der Waals surface area (Å²) in [5.41, 5.74) is 1.68. The van der Waals surface area contributed by atoms with Crippen molar-refractivity contribution in [2.24, 2.45) is 0 Å². The molecule has 3 rings (SSSR count). The number of halogens is 1. The summed E-state index contributed by atoms with van der Waals surface area (Å²) in [6.07, 6.45) is 6.27. The summed E-state index contributed by atoms with van der Waals surface area (Å²) in [5.74, 6) is 0.943. The Morgan fingerprint density at radius 1 is 1.32 bits per heavy atom. The zero-order valence-corrected chi connectivity index (χ0v) is 12.4. The summed E-state index contributed by atoms with van der Waals surface area (Å²) in [6, 6.07) is 5.32. The summed E-state index contributed by atoms with van der Waals surface area (Å²) < 4.78 is 15.9. The fraction of sp³-hybridized carbons (Fsp3) is 0.188. The van der Waals surface area contributed by atoms with Gasteiger partial charge in [0.2, 0.25) is 5.91 Å². The van der Waals surface area contributed by atoms with Crippen LogP contribution in [0.4, 0.5) is 0 Å². The zero-order chi connectivity index (χ0) is 15.4. The third-order valence-corrected chi connectivity index (χ3v) is 3.37. The molecule has 1 amide bonds. The Kier molecular flexibility index (Phi) is 4.34.